The molecule has 0 aliphatic rings. The number of carbonyl (C=O) groups excluding carboxylic acids is 1. The molecule has 8 heteroatoms. The van der Waals surface area contributed by atoms with Gasteiger partial charge in [-0.1, -0.05) is 17.3 Å². The van der Waals surface area contributed by atoms with Gasteiger partial charge in [0.15, 0.2) is 5.82 Å². The average molecular weight is 271 g/mol. The minimum absolute atomic E-state index is 0.252. The smallest absolute Gasteiger partial charge is 0.268 e. The van der Waals surface area contributed by atoms with Crippen LogP contribution >= 0.6 is 0 Å². The molecule has 2 aromatic heterocycles. The Labute approximate surface area is 113 Å². The van der Waals surface area contributed by atoms with Crippen molar-refractivity contribution < 1.29 is 4.79 Å². The largest absolute Gasteiger partial charge is 0.397 e. The molecule has 0 spiro atoms. The van der Waals surface area contributed by atoms with E-state index in [9.17, 15) is 4.79 Å². The number of hydrogen-bond donors (Lipinski definition) is 4. The number of nitrogens with two attached hydrogens (primary N) is 1. The number of tetrazole rings is 1. The van der Waals surface area contributed by atoms with Gasteiger partial charge >= 0.3 is 0 Å². The second-order valence-corrected chi connectivity index (χ2v) is 4.46. The third-order valence-corrected chi connectivity index (χ3v) is 3.03. The minimum atomic E-state index is -0.343. The van der Waals surface area contributed by atoms with Gasteiger partial charge in [0.05, 0.1) is 17.2 Å². The van der Waals surface area contributed by atoms with Crippen molar-refractivity contribution in [1.29, 1.82) is 0 Å². The van der Waals surface area contributed by atoms with Crippen LogP contribution in [0.4, 0.5) is 5.69 Å². The Bertz CT molecular complexity index is 746. The molecule has 3 rings (SSSR count). The number of fused-ring (bicyclic) bond motifs is 1. The first-order valence-electron chi connectivity index (χ1n) is 6.06. The first-order chi connectivity index (χ1) is 9.65. The van der Waals surface area contributed by atoms with Gasteiger partial charge in [0.25, 0.3) is 5.91 Å². The standard InChI is InChI=1S/C12H13N7O/c1-6(11-16-18-19-17-11)14-12(20)9-5-7-3-2-4-8(13)10(7)15-9/h2-6,15H,13H2,1H3,(H,14,20)(H,16,17,18,19). The van der Waals surface area contributed by atoms with Crippen molar-refractivity contribution in [1.82, 2.24) is 30.9 Å². The number of aromatic nitrogens is 5. The van der Waals surface area contributed by atoms with Gasteiger partial charge in [-0.2, -0.15) is 5.21 Å². The molecule has 1 atom stereocenters. The molecule has 0 saturated carbocycles. The summed E-state index contributed by atoms with van der Waals surface area (Å²) in [4.78, 5) is 15.2. The van der Waals surface area contributed by atoms with Gasteiger partial charge < -0.3 is 16.0 Å². The molecule has 1 aromatic carbocycles. The summed E-state index contributed by atoms with van der Waals surface area (Å²) in [6, 6.07) is 6.92. The summed E-state index contributed by atoms with van der Waals surface area (Å²) in [6.07, 6.45) is 0. The summed E-state index contributed by atoms with van der Waals surface area (Å²) in [5.41, 5.74) is 7.65. The van der Waals surface area contributed by atoms with Crippen LogP contribution in [-0.4, -0.2) is 31.5 Å². The minimum Gasteiger partial charge on any atom is -0.397 e. The highest BCUT2D eigenvalue weighted by molar-refractivity contribution is 6.00. The third kappa shape index (κ3) is 2.07. The topological polar surface area (TPSA) is 125 Å². The van der Waals surface area contributed by atoms with Crippen LogP contribution in [0.2, 0.25) is 0 Å². The molecule has 8 nitrogen and oxygen atoms in total. The van der Waals surface area contributed by atoms with E-state index < -0.39 is 0 Å². The molecule has 20 heavy (non-hydrogen) atoms. The van der Waals surface area contributed by atoms with Crippen molar-refractivity contribution in [3.8, 4) is 0 Å². The summed E-state index contributed by atoms with van der Waals surface area (Å²) >= 11 is 0. The van der Waals surface area contributed by atoms with E-state index in [4.69, 9.17) is 5.73 Å². The van der Waals surface area contributed by atoms with Crippen molar-refractivity contribution in [2.24, 2.45) is 0 Å². The number of amides is 1. The Balaban J connectivity index is 1.84. The molecule has 0 saturated heterocycles. The summed E-state index contributed by atoms with van der Waals surface area (Å²) < 4.78 is 0. The van der Waals surface area contributed by atoms with Crippen LogP contribution in [0.15, 0.2) is 24.3 Å². The summed E-state index contributed by atoms with van der Waals surface area (Å²) in [5, 5.41) is 17.1. The van der Waals surface area contributed by atoms with E-state index in [1.165, 1.54) is 0 Å². The molecule has 0 aliphatic heterocycles. The van der Waals surface area contributed by atoms with Crippen LogP contribution < -0.4 is 11.1 Å². The fourth-order valence-electron chi connectivity index (χ4n) is 1.99. The Morgan fingerprint density at radius 3 is 3.00 bits per heavy atom. The van der Waals surface area contributed by atoms with Gasteiger partial charge in [0, 0.05) is 5.39 Å². The van der Waals surface area contributed by atoms with Gasteiger partial charge in [-0.25, -0.2) is 0 Å². The maximum absolute atomic E-state index is 12.2. The predicted octanol–water partition coefficient (Wildman–Crippen LogP) is 0.754. The molecule has 0 aliphatic carbocycles. The first-order valence-corrected chi connectivity index (χ1v) is 6.06. The van der Waals surface area contributed by atoms with E-state index in [1.54, 1.807) is 19.1 Å². The van der Waals surface area contributed by atoms with Crippen molar-refractivity contribution >= 4 is 22.5 Å². The highest BCUT2D eigenvalue weighted by Crippen LogP contribution is 2.21. The molecule has 3 aromatic rings. The summed E-state index contributed by atoms with van der Waals surface area (Å²) in [5.74, 6) is 0.173. The van der Waals surface area contributed by atoms with Crippen LogP contribution in [-0.2, 0) is 0 Å². The van der Waals surface area contributed by atoms with E-state index >= 15 is 0 Å². The Morgan fingerprint density at radius 1 is 1.45 bits per heavy atom. The average Bonchev–Trinajstić information content (AvgIpc) is 3.08. The number of carbonyl (C=O) groups is 1. The normalized spacial score (nSPS) is 12.4. The number of para-hydroxylation sites is 1. The zero-order chi connectivity index (χ0) is 14.1. The second kappa shape index (κ2) is 4.65. The van der Waals surface area contributed by atoms with E-state index in [-0.39, 0.29) is 11.9 Å². The molecule has 102 valence electrons. The number of H-pyrrole nitrogens is 2. The van der Waals surface area contributed by atoms with Gasteiger partial charge in [-0.3, -0.25) is 4.79 Å². The van der Waals surface area contributed by atoms with Gasteiger partial charge in [-0.05, 0) is 19.1 Å². The Kier molecular flexibility index (Phi) is 2.82. The van der Waals surface area contributed by atoms with Crippen molar-refractivity contribution in [2.45, 2.75) is 13.0 Å². The third-order valence-electron chi connectivity index (χ3n) is 3.03. The molecule has 0 fully saturated rings. The number of nitrogens with one attached hydrogen (secondary N) is 3. The Morgan fingerprint density at radius 2 is 2.30 bits per heavy atom. The summed E-state index contributed by atoms with van der Waals surface area (Å²) in [7, 11) is 0. The summed E-state index contributed by atoms with van der Waals surface area (Å²) in [6.45, 7) is 1.78. The van der Waals surface area contributed by atoms with E-state index in [0.717, 1.165) is 10.9 Å². The zero-order valence-electron chi connectivity index (χ0n) is 10.7. The highest BCUT2D eigenvalue weighted by atomic mass is 16.1. The number of anilines is 1. The molecular formula is C12H13N7O. The zero-order valence-corrected chi connectivity index (χ0v) is 10.7. The lowest BCUT2D eigenvalue weighted by Crippen LogP contribution is -2.27. The van der Waals surface area contributed by atoms with Crippen molar-refractivity contribution in [3.63, 3.8) is 0 Å². The molecule has 5 N–H and O–H groups in total. The number of hydrogen-bond acceptors (Lipinski definition) is 5. The lowest BCUT2D eigenvalue weighted by Gasteiger charge is -2.08. The molecule has 1 amide bonds. The lowest BCUT2D eigenvalue weighted by atomic mass is 10.2. The molecule has 2 heterocycles. The molecule has 0 bridgehead atoms. The monoisotopic (exact) mass is 271 g/mol. The molecular weight excluding hydrogens is 258 g/mol. The maximum atomic E-state index is 12.2. The van der Waals surface area contributed by atoms with Gasteiger partial charge in [0.1, 0.15) is 5.69 Å². The van der Waals surface area contributed by atoms with Crippen LogP contribution in [0.25, 0.3) is 10.9 Å². The number of nitrogens with zero attached hydrogens (tertiary/aromatic N) is 3. The van der Waals surface area contributed by atoms with Crippen molar-refractivity contribution in [2.75, 3.05) is 5.73 Å². The SMILES string of the molecule is CC(NC(=O)c1cc2cccc(N)c2[nH]1)c1nn[nH]n1. The number of benzene rings is 1. The Hall–Kier alpha value is -2.90. The van der Waals surface area contributed by atoms with Crippen LogP contribution in [0, 0.1) is 0 Å². The number of aromatic amines is 2. The fourth-order valence-corrected chi connectivity index (χ4v) is 1.99. The highest BCUT2D eigenvalue weighted by Gasteiger charge is 2.16. The van der Waals surface area contributed by atoms with Gasteiger partial charge in [-0.15, -0.1) is 10.2 Å². The van der Waals surface area contributed by atoms with Gasteiger partial charge in [0.2, 0.25) is 0 Å². The van der Waals surface area contributed by atoms with Crippen molar-refractivity contribution in [3.05, 3.63) is 35.8 Å². The lowest BCUT2D eigenvalue weighted by molar-refractivity contribution is 0.0934. The first kappa shape index (κ1) is 12.2. The number of rotatable bonds is 3. The maximum Gasteiger partial charge on any atom is 0.268 e. The predicted molar refractivity (Wildman–Crippen MR) is 72.8 cm³/mol. The second-order valence-electron chi connectivity index (χ2n) is 4.46. The van der Waals surface area contributed by atoms with Crippen LogP contribution in [0.5, 0.6) is 0 Å². The van der Waals surface area contributed by atoms with Crippen LogP contribution in [0.1, 0.15) is 29.3 Å². The molecule has 1 unspecified atom stereocenters. The number of nitrogen functional groups attached to an aromatic ring is 1. The molecule has 0 radical (unpaired) electrons. The fraction of sp³-hybridized carbons (Fsp3) is 0.167. The van der Waals surface area contributed by atoms with E-state index in [0.29, 0.717) is 17.2 Å². The quantitative estimate of drug-likeness (QED) is 0.523. The van der Waals surface area contributed by atoms with Crippen LogP contribution in [0.3, 0.4) is 0 Å². The van der Waals surface area contributed by atoms with E-state index in [1.807, 2.05) is 12.1 Å². The van der Waals surface area contributed by atoms with E-state index in [2.05, 4.69) is 30.9 Å².